The third kappa shape index (κ3) is 8.23. The number of para-hydroxylation sites is 2. The standard InChI is InChI=1S/C33H39Cl2N3O6S/c1-4-29(33(40)36-23-11-6-5-7-12-23)37(21-26-27(34)13-10-14-28(26)35)32(39)22-38(30-15-8-9-16-31(30)44-3)45(41,42)25-19-17-24(43-2)18-20-25/h8-10,13-20,23,29H,4-7,11-12,21-22H2,1-3H3,(H,36,40)/t29-/m0/s1. The molecule has 0 heterocycles. The van der Waals surface area contributed by atoms with Crippen LogP contribution in [0.5, 0.6) is 11.5 Å². The molecule has 242 valence electrons. The normalized spacial score (nSPS) is 14.3. The molecule has 1 N–H and O–H groups in total. The Kier molecular flexibility index (Phi) is 12.0. The second-order valence-electron chi connectivity index (χ2n) is 10.8. The van der Waals surface area contributed by atoms with E-state index < -0.39 is 28.5 Å². The highest BCUT2D eigenvalue weighted by atomic mass is 35.5. The highest BCUT2D eigenvalue weighted by Gasteiger charge is 2.36. The predicted octanol–water partition coefficient (Wildman–Crippen LogP) is 6.46. The molecular weight excluding hydrogens is 637 g/mol. The van der Waals surface area contributed by atoms with E-state index in [1.807, 2.05) is 6.92 Å². The zero-order chi connectivity index (χ0) is 32.6. The van der Waals surface area contributed by atoms with Gasteiger partial charge in [-0.1, -0.05) is 67.6 Å². The highest BCUT2D eigenvalue weighted by molar-refractivity contribution is 7.92. The molecular formula is C33H39Cl2N3O6S. The lowest BCUT2D eigenvalue weighted by Crippen LogP contribution is -2.54. The predicted molar refractivity (Wildman–Crippen MR) is 177 cm³/mol. The zero-order valence-electron chi connectivity index (χ0n) is 25.7. The van der Waals surface area contributed by atoms with Crippen molar-refractivity contribution in [3.63, 3.8) is 0 Å². The van der Waals surface area contributed by atoms with Crippen molar-refractivity contribution in [2.24, 2.45) is 0 Å². The minimum absolute atomic E-state index is 0.0154. The van der Waals surface area contributed by atoms with E-state index in [2.05, 4.69) is 5.32 Å². The maximum absolute atomic E-state index is 14.4. The molecule has 0 spiro atoms. The lowest BCUT2D eigenvalue weighted by atomic mass is 9.95. The van der Waals surface area contributed by atoms with E-state index in [0.29, 0.717) is 21.4 Å². The Morgan fingerprint density at radius 2 is 1.56 bits per heavy atom. The highest BCUT2D eigenvalue weighted by Crippen LogP contribution is 2.34. The summed E-state index contributed by atoms with van der Waals surface area (Å²) in [6, 6.07) is 16.5. The summed E-state index contributed by atoms with van der Waals surface area (Å²) in [5.74, 6) is -0.181. The molecule has 0 aliphatic heterocycles. The number of sulfonamides is 1. The summed E-state index contributed by atoms with van der Waals surface area (Å²) in [4.78, 5) is 29.5. The van der Waals surface area contributed by atoms with Crippen molar-refractivity contribution < 1.29 is 27.5 Å². The number of benzene rings is 3. The quantitative estimate of drug-likeness (QED) is 0.223. The first kappa shape index (κ1) is 34.4. The fourth-order valence-electron chi connectivity index (χ4n) is 5.54. The average Bonchev–Trinajstić information content (AvgIpc) is 3.05. The van der Waals surface area contributed by atoms with E-state index >= 15 is 0 Å². The van der Waals surface area contributed by atoms with Crippen LogP contribution in [0.15, 0.2) is 71.6 Å². The Balaban J connectivity index is 1.77. The molecule has 1 saturated carbocycles. The first-order valence-corrected chi connectivity index (χ1v) is 17.1. The van der Waals surface area contributed by atoms with E-state index in [1.54, 1.807) is 42.5 Å². The smallest absolute Gasteiger partial charge is 0.264 e. The van der Waals surface area contributed by atoms with Gasteiger partial charge < -0.3 is 19.7 Å². The van der Waals surface area contributed by atoms with E-state index in [1.165, 1.54) is 43.4 Å². The van der Waals surface area contributed by atoms with Gasteiger partial charge in [-0.15, -0.1) is 0 Å². The monoisotopic (exact) mass is 675 g/mol. The molecule has 12 heteroatoms. The average molecular weight is 677 g/mol. The molecule has 0 unspecified atom stereocenters. The number of rotatable bonds is 13. The number of hydrogen-bond donors (Lipinski definition) is 1. The van der Waals surface area contributed by atoms with Crippen LogP contribution in [0.4, 0.5) is 5.69 Å². The third-order valence-electron chi connectivity index (χ3n) is 8.01. The minimum Gasteiger partial charge on any atom is -0.497 e. The van der Waals surface area contributed by atoms with Crippen molar-refractivity contribution >= 4 is 50.7 Å². The number of anilines is 1. The van der Waals surface area contributed by atoms with Crippen LogP contribution in [-0.2, 0) is 26.2 Å². The van der Waals surface area contributed by atoms with Crippen LogP contribution in [0.3, 0.4) is 0 Å². The molecule has 0 saturated heterocycles. The van der Waals surface area contributed by atoms with Gasteiger partial charge in [0.25, 0.3) is 10.0 Å². The number of nitrogens with one attached hydrogen (secondary N) is 1. The molecule has 0 bridgehead atoms. The summed E-state index contributed by atoms with van der Waals surface area (Å²) < 4.78 is 40.1. The number of nitrogens with zero attached hydrogens (tertiary/aromatic N) is 2. The molecule has 45 heavy (non-hydrogen) atoms. The Hall–Kier alpha value is -3.47. The molecule has 1 aliphatic carbocycles. The van der Waals surface area contributed by atoms with Gasteiger partial charge in [-0.25, -0.2) is 8.42 Å². The maximum Gasteiger partial charge on any atom is 0.264 e. The van der Waals surface area contributed by atoms with Gasteiger partial charge in [-0.05, 0) is 67.8 Å². The molecule has 0 radical (unpaired) electrons. The second-order valence-corrected chi connectivity index (χ2v) is 13.5. The summed E-state index contributed by atoms with van der Waals surface area (Å²) in [5, 5.41) is 3.79. The number of carbonyl (C=O) groups excluding carboxylic acids is 2. The van der Waals surface area contributed by atoms with Crippen LogP contribution >= 0.6 is 23.2 Å². The lowest BCUT2D eigenvalue weighted by molar-refractivity contribution is -0.140. The topological polar surface area (TPSA) is 105 Å². The summed E-state index contributed by atoms with van der Waals surface area (Å²) >= 11 is 13.0. The van der Waals surface area contributed by atoms with Crippen molar-refractivity contribution in [2.45, 2.75) is 69.0 Å². The Morgan fingerprint density at radius 3 is 2.16 bits per heavy atom. The van der Waals surface area contributed by atoms with Crippen LogP contribution in [0, 0.1) is 0 Å². The molecule has 4 rings (SSSR count). The maximum atomic E-state index is 14.4. The van der Waals surface area contributed by atoms with Gasteiger partial charge in [-0.2, -0.15) is 0 Å². The van der Waals surface area contributed by atoms with Crippen molar-refractivity contribution in [3.05, 3.63) is 82.3 Å². The Labute approximate surface area is 275 Å². The number of ether oxygens (including phenoxy) is 2. The van der Waals surface area contributed by atoms with Gasteiger partial charge in [-0.3, -0.25) is 13.9 Å². The lowest BCUT2D eigenvalue weighted by Gasteiger charge is -2.35. The molecule has 3 aromatic carbocycles. The van der Waals surface area contributed by atoms with Gasteiger partial charge in [0, 0.05) is 28.2 Å². The zero-order valence-corrected chi connectivity index (χ0v) is 28.0. The Morgan fingerprint density at radius 1 is 0.911 bits per heavy atom. The molecule has 3 aromatic rings. The molecule has 0 aromatic heterocycles. The number of carbonyl (C=O) groups is 2. The largest absolute Gasteiger partial charge is 0.497 e. The van der Waals surface area contributed by atoms with Crippen LogP contribution in [0.25, 0.3) is 0 Å². The van der Waals surface area contributed by atoms with Crippen molar-refractivity contribution in [3.8, 4) is 11.5 Å². The second kappa shape index (κ2) is 15.7. The molecule has 1 aliphatic rings. The minimum atomic E-state index is -4.31. The Bertz CT molecular complexity index is 1560. The van der Waals surface area contributed by atoms with Gasteiger partial charge in [0.15, 0.2) is 0 Å². The van der Waals surface area contributed by atoms with E-state index in [9.17, 15) is 18.0 Å². The van der Waals surface area contributed by atoms with Gasteiger partial charge in [0.2, 0.25) is 11.8 Å². The number of methoxy groups -OCH3 is 2. The van der Waals surface area contributed by atoms with Crippen LogP contribution in [0.1, 0.15) is 51.0 Å². The fraction of sp³-hybridized carbons (Fsp3) is 0.394. The summed E-state index contributed by atoms with van der Waals surface area (Å²) in [5.41, 5.74) is 0.625. The molecule has 1 atom stereocenters. The van der Waals surface area contributed by atoms with Gasteiger partial charge in [0.05, 0.1) is 24.8 Å². The first-order valence-electron chi connectivity index (χ1n) is 14.9. The van der Waals surface area contributed by atoms with Crippen molar-refractivity contribution in [1.29, 1.82) is 0 Å². The molecule has 1 fully saturated rings. The first-order chi connectivity index (χ1) is 21.6. The van der Waals surface area contributed by atoms with E-state index in [0.717, 1.165) is 36.4 Å². The van der Waals surface area contributed by atoms with E-state index in [4.69, 9.17) is 32.7 Å². The summed E-state index contributed by atoms with van der Waals surface area (Å²) in [7, 11) is -1.40. The fourth-order valence-corrected chi connectivity index (χ4v) is 7.48. The van der Waals surface area contributed by atoms with Gasteiger partial charge >= 0.3 is 0 Å². The van der Waals surface area contributed by atoms with Crippen molar-refractivity contribution in [1.82, 2.24) is 10.2 Å². The van der Waals surface area contributed by atoms with Crippen LogP contribution in [-0.4, -0.2) is 58.0 Å². The number of hydrogen-bond acceptors (Lipinski definition) is 6. The third-order valence-corrected chi connectivity index (χ3v) is 10.5. The summed E-state index contributed by atoms with van der Waals surface area (Å²) in [6.45, 7) is 1.09. The summed E-state index contributed by atoms with van der Waals surface area (Å²) in [6.07, 6.45) is 5.20. The van der Waals surface area contributed by atoms with Crippen LogP contribution < -0.4 is 19.1 Å². The van der Waals surface area contributed by atoms with E-state index in [-0.39, 0.29) is 41.2 Å². The van der Waals surface area contributed by atoms with Gasteiger partial charge in [0.1, 0.15) is 24.1 Å². The number of amides is 2. The van der Waals surface area contributed by atoms with Crippen molar-refractivity contribution in [2.75, 3.05) is 25.1 Å². The number of halogens is 2. The molecule has 9 nitrogen and oxygen atoms in total. The molecule has 2 amide bonds. The van der Waals surface area contributed by atoms with Crippen LogP contribution in [0.2, 0.25) is 10.0 Å². The SMILES string of the molecule is CC[C@@H](C(=O)NC1CCCCC1)N(Cc1c(Cl)cccc1Cl)C(=O)CN(c1ccccc1OC)S(=O)(=O)c1ccc(OC)cc1.